The van der Waals surface area contributed by atoms with E-state index in [1.807, 2.05) is 0 Å². The van der Waals surface area contributed by atoms with Crippen molar-refractivity contribution in [2.24, 2.45) is 0 Å². The molecular formula is C39H40FNO18. The molecule has 12 atom stereocenters. The second-order valence-corrected chi connectivity index (χ2v) is 14.8. The molecule has 19 nitrogen and oxygen atoms in total. The van der Waals surface area contributed by atoms with Gasteiger partial charge in [0.1, 0.15) is 71.8 Å². The van der Waals surface area contributed by atoms with Crippen LogP contribution in [-0.2, 0) is 23.7 Å². The lowest BCUT2D eigenvalue weighted by molar-refractivity contribution is -0.357. The number of aliphatic hydroxyl groups excluding tert-OH is 5. The van der Waals surface area contributed by atoms with Crippen LogP contribution in [0.15, 0.2) is 24.3 Å². The molecule has 2 aliphatic heterocycles. The smallest absolute Gasteiger partial charge is 0.325 e. The number of carboxylic acid groups (broad SMARTS) is 1. The topological polar surface area (TPSA) is 309 Å². The van der Waals surface area contributed by atoms with E-state index in [1.54, 1.807) is 0 Å². The monoisotopic (exact) mass is 829 g/mol. The van der Waals surface area contributed by atoms with Crippen LogP contribution in [0.25, 0.3) is 11.1 Å². The molecule has 316 valence electrons. The minimum atomic E-state index is -2.13. The zero-order valence-electron chi connectivity index (χ0n) is 31.5. The van der Waals surface area contributed by atoms with Crippen LogP contribution in [0.5, 0.6) is 23.0 Å². The predicted octanol–water partition coefficient (Wildman–Crippen LogP) is 0.138. The molecule has 4 aliphatic rings. The molecule has 0 bridgehead atoms. The molecular weight excluding hydrogens is 789 g/mol. The van der Waals surface area contributed by atoms with Crippen molar-refractivity contribution in [2.45, 2.75) is 94.4 Å². The van der Waals surface area contributed by atoms with Gasteiger partial charge in [0.05, 0.1) is 36.5 Å². The van der Waals surface area contributed by atoms with Crippen LogP contribution in [0.3, 0.4) is 0 Å². The van der Waals surface area contributed by atoms with E-state index < -0.39 is 154 Å². The fourth-order valence-corrected chi connectivity index (χ4v) is 7.85. The Kier molecular flexibility index (Phi) is 10.9. The number of ketones is 2. The van der Waals surface area contributed by atoms with Crippen molar-refractivity contribution in [1.29, 1.82) is 0 Å². The van der Waals surface area contributed by atoms with E-state index in [0.717, 1.165) is 25.1 Å². The summed E-state index contributed by atoms with van der Waals surface area (Å²) in [6, 6.07) is 3.04. The van der Waals surface area contributed by atoms with Gasteiger partial charge >= 0.3 is 5.97 Å². The second-order valence-electron chi connectivity index (χ2n) is 14.8. The van der Waals surface area contributed by atoms with Gasteiger partial charge in [0.2, 0.25) is 0 Å². The van der Waals surface area contributed by atoms with Crippen LogP contribution < -0.4 is 10.1 Å². The number of carboxylic acids is 1. The number of hydrogen-bond donors (Lipinski definition) is 10. The molecule has 3 aromatic carbocycles. The number of methoxy groups -OCH3 is 1. The molecule has 0 unspecified atom stereocenters. The summed E-state index contributed by atoms with van der Waals surface area (Å²) in [5.41, 5.74) is -3.91. The summed E-state index contributed by atoms with van der Waals surface area (Å²) in [6.45, 7) is 3.20. The zero-order chi connectivity index (χ0) is 43.1. The van der Waals surface area contributed by atoms with Crippen molar-refractivity contribution in [3.8, 4) is 34.1 Å². The number of benzene rings is 3. The van der Waals surface area contributed by atoms with Crippen LogP contribution >= 0.6 is 0 Å². The number of fused-ring (bicyclic) bond motifs is 5. The Labute approximate surface area is 332 Å². The van der Waals surface area contributed by atoms with Gasteiger partial charge in [-0.05, 0) is 49.6 Å². The summed E-state index contributed by atoms with van der Waals surface area (Å²) in [5.74, 6) is -6.93. The Hall–Kier alpha value is -5.29. The normalized spacial score (nSPS) is 30.4. The Bertz CT molecular complexity index is 2260. The fourth-order valence-electron chi connectivity index (χ4n) is 7.85. The largest absolute Gasteiger partial charge is 0.507 e. The first-order valence-electron chi connectivity index (χ1n) is 18.2. The van der Waals surface area contributed by atoms with Crippen LogP contribution in [-0.4, -0.2) is 145 Å². The minimum Gasteiger partial charge on any atom is -0.507 e. The van der Waals surface area contributed by atoms with E-state index in [0.29, 0.717) is 0 Å². The Morgan fingerprint density at radius 1 is 0.847 bits per heavy atom. The molecule has 0 saturated carbocycles. The quantitative estimate of drug-likeness (QED) is 0.113. The number of aryl methyl sites for hydroxylation is 1. The van der Waals surface area contributed by atoms with Crippen LogP contribution in [0.2, 0.25) is 0 Å². The maximum Gasteiger partial charge on any atom is 0.325 e. The number of rotatable bonds is 8. The van der Waals surface area contributed by atoms with Crippen LogP contribution in [0, 0.1) is 6.92 Å². The first-order valence-corrected chi connectivity index (χ1v) is 18.2. The van der Waals surface area contributed by atoms with E-state index in [4.69, 9.17) is 23.7 Å². The molecule has 2 saturated heterocycles. The van der Waals surface area contributed by atoms with Gasteiger partial charge in [-0.25, -0.2) is 4.39 Å². The molecule has 0 aromatic heterocycles. The lowest BCUT2D eigenvalue weighted by Crippen LogP contribution is -2.61. The van der Waals surface area contributed by atoms with E-state index >= 15 is 4.39 Å². The number of aliphatic carboxylic acids is 1. The second kappa shape index (κ2) is 15.4. The first-order chi connectivity index (χ1) is 27.8. The summed E-state index contributed by atoms with van der Waals surface area (Å²) in [4.78, 5) is 53.2. The standard InChI is InChI=1S/C39H40FNO18/c1-10-5-17-23(30(48)20(10)36(52)41-11(2)37(53)54)22-15(8-16-24(31(22)49)27(45)14-6-13(55-4)7-18(42)21(14)26(16)44)28(46)34(17)58-39-35(32(50)25(40)12(3)57-39)59-38-33(51)29(47)19(43)9-56-38/h5-8,11-12,19,25,28-29,32-35,38-39,42-43,46-51H,9H2,1-4H3,(H,41,52)(H,53,54)/t11-,12+,19-,25-,28+,29+,32-,33-,34+,35+,38+,39-/m1/s1. The number of phenols is 3. The van der Waals surface area contributed by atoms with Crippen molar-refractivity contribution in [1.82, 2.24) is 5.32 Å². The average molecular weight is 830 g/mol. The Morgan fingerprint density at radius 3 is 2.15 bits per heavy atom. The van der Waals surface area contributed by atoms with Crippen molar-refractivity contribution < 1.29 is 93.2 Å². The number of halogens is 1. The molecule has 10 N–H and O–H groups in total. The number of nitrogens with one attached hydrogen (secondary N) is 1. The molecule has 0 radical (unpaired) electrons. The fraction of sp³-hybridized carbons (Fsp3) is 0.436. The number of amides is 1. The van der Waals surface area contributed by atoms with Crippen LogP contribution in [0.1, 0.15) is 84.9 Å². The lowest BCUT2D eigenvalue weighted by atomic mass is 9.74. The van der Waals surface area contributed by atoms with E-state index in [1.165, 1.54) is 27.0 Å². The average Bonchev–Trinajstić information content (AvgIpc) is 3.18. The van der Waals surface area contributed by atoms with Gasteiger partial charge in [0.15, 0.2) is 30.3 Å². The van der Waals surface area contributed by atoms with Gasteiger partial charge in [0, 0.05) is 28.3 Å². The van der Waals surface area contributed by atoms with Crippen molar-refractivity contribution >= 4 is 23.4 Å². The van der Waals surface area contributed by atoms with Gasteiger partial charge in [-0.2, -0.15) is 0 Å². The van der Waals surface area contributed by atoms with E-state index in [2.05, 4.69) is 5.32 Å². The third kappa shape index (κ3) is 6.75. The molecule has 2 heterocycles. The summed E-state index contributed by atoms with van der Waals surface area (Å²) in [5, 5.41) is 100. The highest BCUT2D eigenvalue weighted by atomic mass is 19.1. The molecule has 2 fully saturated rings. The molecule has 3 aromatic rings. The number of carbonyl (C=O) groups excluding carboxylic acids is 3. The number of ether oxygens (including phenoxy) is 5. The summed E-state index contributed by atoms with van der Waals surface area (Å²) < 4.78 is 43.5. The van der Waals surface area contributed by atoms with Gasteiger partial charge in [0.25, 0.3) is 5.91 Å². The SMILES string of the molecule is COc1cc(O)c2c(c1)C(=O)c1c(cc3c(c1O)-c1c(cc(C)c(C(=O)N[C@H](C)C(=O)O)c1O)[C@H](O[C@H]1O[C@@H](C)[C@@H](F)[C@@H](O)[C@@H]1O[C@@H]1OC[C@@H](O)[C@H](O)[C@H]1O)[C@H]3O)C2=O. The number of hydrogen-bond acceptors (Lipinski definition) is 17. The van der Waals surface area contributed by atoms with Gasteiger partial charge in [-0.1, -0.05) is 6.07 Å². The van der Waals surface area contributed by atoms with E-state index in [-0.39, 0.29) is 28.0 Å². The maximum atomic E-state index is 15.3. The Morgan fingerprint density at radius 2 is 1.49 bits per heavy atom. The molecule has 0 spiro atoms. The summed E-state index contributed by atoms with van der Waals surface area (Å²) >= 11 is 0. The molecule has 2 aliphatic carbocycles. The number of aliphatic hydroxyl groups is 5. The predicted molar refractivity (Wildman–Crippen MR) is 193 cm³/mol. The minimum absolute atomic E-state index is 0.00696. The summed E-state index contributed by atoms with van der Waals surface area (Å²) in [6.07, 6.45) is -20.1. The number of phenolic OH excluding ortho intramolecular Hbond substituents is 3. The third-order valence-electron chi connectivity index (χ3n) is 11.0. The number of carbonyl (C=O) groups is 4. The zero-order valence-corrected chi connectivity index (χ0v) is 31.5. The van der Waals surface area contributed by atoms with Gasteiger partial charge in [-0.3, -0.25) is 19.2 Å². The lowest BCUT2D eigenvalue weighted by Gasteiger charge is -2.45. The highest BCUT2D eigenvalue weighted by molar-refractivity contribution is 6.31. The van der Waals surface area contributed by atoms with Crippen molar-refractivity contribution in [3.05, 3.63) is 68.8 Å². The summed E-state index contributed by atoms with van der Waals surface area (Å²) in [7, 11) is 1.25. The molecule has 1 amide bonds. The first kappa shape index (κ1) is 41.9. The van der Waals surface area contributed by atoms with Gasteiger partial charge in [-0.15, -0.1) is 0 Å². The highest BCUT2D eigenvalue weighted by Crippen LogP contribution is 2.57. The van der Waals surface area contributed by atoms with Gasteiger partial charge < -0.3 is 75.0 Å². The number of aromatic hydroxyl groups is 3. The van der Waals surface area contributed by atoms with Crippen molar-refractivity contribution in [2.75, 3.05) is 13.7 Å². The van der Waals surface area contributed by atoms with E-state index in [9.17, 15) is 65.1 Å². The van der Waals surface area contributed by atoms with Crippen LogP contribution in [0.4, 0.5) is 4.39 Å². The van der Waals surface area contributed by atoms with Crippen molar-refractivity contribution in [3.63, 3.8) is 0 Å². The number of alkyl halides is 1. The highest BCUT2D eigenvalue weighted by Gasteiger charge is 2.52. The molecule has 7 rings (SSSR count). The third-order valence-corrected chi connectivity index (χ3v) is 11.0. The molecule has 20 heteroatoms. The molecule has 59 heavy (non-hydrogen) atoms. The Balaban J connectivity index is 1.40. The maximum absolute atomic E-state index is 15.3.